The van der Waals surface area contributed by atoms with E-state index in [-0.39, 0.29) is 0 Å². The minimum absolute atomic E-state index is 0.479. The van der Waals surface area contributed by atoms with Crippen LogP contribution < -0.4 is 0 Å². The van der Waals surface area contributed by atoms with E-state index in [2.05, 4.69) is 4.98 Å². The van der Waals surface area contributed by atoms with Crippen molar-refractivity contribution in [2.24, 2.45) is 0 Å². The molecule has 66 valence electrons. The summed E-state index contributed by atoms with van der Waals surface area (Å²) >= 11 is 1.71. The van der Waals surface area contributed by atoms with E-state index in [1.807, 2.05) is 22.9 Å². The van der Waals surface area contributed by atoms with Crippen LogP contribution in [0.5, 0.6) is 0 Å². The Labute approximate surface area is 80.9 Å². The summed E-state index contributed by atoms with van der Waals surface area (Å²) in [5, 5.41) is 4.08. The average Bonchev–Trinajstić information content (AvgIpc) is 2.77. The summed E-state index contributed by atoms with van der Waals surface area (Å²) in [6.45, 7) is 0. The van der Waals surface area contributed by atoms with Crippen molar-refractivity contribution >= 4 is 17.6 Å². The van der Waals surface area contributed by atoms with Gasteiger partial charge in [-0.1, -0.05) is 18.2 Å². The van der Waals surface area contributed by atoms with Gasteiger partial charge < -0.3 is 0 Å². The van der Waals surface area contributed by atoms with Crippen molar-refractivity contribution < 1.29 is 4.79 Å². The summed E-state index contributed by atoms with van der Waals surface area (Å²) < 4.78 is 0. The molecular weight excluding hydrogens is 182 g/mol. The van der Waals surface area contributed by atoms with Crippen LogP contribution in [0.25, 0.3) is 0 Å². The molecule has 0 saturated heterocycles. The highest BCUT2D eigenvalue weighted by molar-refractivity contribution is 7.07. The minimum Gasteiger partial charge on any atom is -0.296 e. The highest BCUT2D eigenvalue weighted by Gasteiger charge is 1.81. The number of nitrogens with zero attached hydrogens (tertiary/aromatic N) is 1. The van der Waals surface area contributed by atoms with Gasteiger partial charge in [-0.2, -0.15) is 11.3 Å². The molecule has 0 aliphatic rings. The molecule has 3 heteroatoms. The van der Waals surface area contributed by atoms with Crippen LogP contribution in [0.15, 0.2) is 47.3 Å². The third-order valence-electron chi connectivity index (χ3n) is 1.23. The molecule has 0 atom stereocenters. The third-order valence-corrected chi connectivity index (χ3v) is 1.86. The molecule has 0 radical (unpaired) electrons. The van der Waals surface area contributed by atoms with Crippen molar-refractivity contribution in [2.45, 2.75) is 0 Å². The van der Waals surface area contributed by atoms with Crippen LogP contribution >= 0.6 is 11.3 Å². The molecule has 2 aromatic rings. The van der Waals surface area contributed by atoms with Crippen LogP contribution in [0.2, 0.25) is 0 Å². The minimum atomic E-state index is 0.479. The fourth-order valence-corrected chi connectivity index (χ4v) is 1.13. The summed E-state index contributed by atoms with van der Waals surface area (Å²) in [6, 6.07) is 9.24. The van der Waals surface area contributed by atoms with Crippen molar-refractivity contribution in [3.63, 3.8) is 0 Å². The standard InChI is InChI=1S/C6H5NO.C4H4S/c8-5-6-3-1-2-4-7-6;1-2-4-5-3-1/h1-5H;1-4H. The Morgan fingerprint density at radius 3 is 2.23 bits per heavy atom. The monoisotopic (exact) mass is 191 g/mol. The lowest BCUT2D eigenvalue weighted by Gasteiger charge is -1.81. The second-order valence-electron chi connectivity index (χ2n) is 2.17. The van der Waals surface area contributed by atoms with Gasteiger partial charge in [-0.15, -0.1) is 0 Å². The summed E-state index contributed by atoms with van der Waals surface area (Å²) in [4.78, 5) is 13.7. The van der Waals surface area contributed by atoms with Crippen LogP contribution in [0.1, 0.15) is 10.5 Å². The Bertz CT molecular complexity index is 301. The van der Waals surface area contributed by atoms with Crippen molar-refractivity contribution in [3.8, 4) is 0 Å². The van der Waals surface area contributed by atoms with Crippen LogP contribution in [0, 0.1) is 0 Å². The lowest BCUT2D eigenvalue weighted by Crippen LogP contribution is -1.80. The molecule has 0 fully saturated rings. The number of hydrogen-bond acceptors (Lipinski definition) is 3. The molecule has 0 saturated carbocycles. The maximum atomic E-state index is 9.94. The van der Waals surface area contributed by atoms with E-state index in [4.69, 9.17) is 0 Å². The number of thiophene rings is 1. The second-order valence-corrected chi connectivity index (χ2v) is 2.98. The topological polar surface area (TPSA) is 30.0 Å². The van der Waals surface area contributed by atoms with Gasteiger partial charge in [-0.05, 0) is 22.9 Å². The second kappa shape index (κ2) is 6.08. The van der Waals surface area contributed by atoms with E-state index in [1.54, 1.807) is 35.7 Å². The Hall–Kier alpha value is -1.48. The zero-order chi connectivity index (χ0) is 9.36. The summed E-state index contributed by atoms with van der Waals surface area (Å²) in [5.74, 6) is 0. The average molecular weight is 191 g/mol. The Balaban J connectivity index is 0.000000145. The largest absolute Gasteiger partial charge is 0.296 e. The zero-order valence-corrected chi connectivity index (χ0v) is 7.78. The fourth-order valence-electron chi connectivity index (χ4n) is 0.672. The number of hydrogen-bond donors (Lipinski definition) is 0. The molecule has 0 bridgehead atoms. The molecular formula is C10H9NOS. The fraction of sp³-hybridized carbons (Fsp3) is 0. The van der Waals surface area contributed by atoms with Gasteiger partial charge in [-0.25, -0.2) is 0 Å². The first-order chi connectivity index (χ1) is 6.43. The quantitative estimate of drug-likeness (QED) is 0.648. The number of aldehydes is 1. The first-order valence-electron chi connectivity index (χ1n) is 3.77. The predicted molar refractivity (Wildman–Crippen MR) is 53.9 cm³/mol. The molecule has 13 heavy (non-hydrogen) atoms. The smallest absolute Gasteiger partial charge is 0.168 e. The van der Waals surface area contributed by atoms with E-state index in [1.165, 1.54) is 0 Å². The summed E-state index contributed by atoms with van der Waals surface area (Å²) in [5.41, 5.74) is 0.479. The maximum absolute atomic E-state index is 9.94. The predicted octanol–water partition coefficient (Wildman–Crippen LogP) is 2.64. The van der Waals surface area contributed by atoms with E-state index in [0.717, 1.165) is 6.29 Å². The van der Waals surface area contributed by atoms with Crippen molar-refractivity contribution in [1.82, 2.24) is 4.98 Å². The number of rotatable bonds is 1. The van der Waals surface area contributed by atoms with Crippen molar-refractivity contribution in [1.29, 1.82) is 0 Å². The number of aromatic nitrogens is 1. The number of carbonyl (C=O) groups excluding carboxylic acids is 1. The van der Waals surface area contributed by atoms with Gasteiger partial charge in [0.15, 0.2) is 6.29 Å². The van der Waals surface area contributed by atoms with Gasteiger partial charge in [0.25, 0.3) is 0 Å². The van der Waals surface area contributed by atoms with E-state index in [0.29, 0.717) is 5.69 Å². The zero-order valence-electron chi connectivity index (χ0n) is 6.96. The summed E-state index contributed by atoms with van der Waals surface area (Å²) in [7, 11) is 0. The van der Waals surface area contributed by atoms with Gasteiger partial charge in [0.1, 0.15) is 5.69 Å². The third kappa shape index (κ3) is 4.18. The van der Waals surface area contributed by atoms with Crippen LogP contribution in [-0.2, 0) is 0 Å². The van der Waals surface area contributed by atoms with E-state index in [9.17, 15) is 4.79 Å². The molecule has 0 unspecified atom stereocenters. The maximum Gasteiger partial charge on any atom is 0.168 e. The summed E-state index contributed by atoms with van der Waals surface area (Å²) in [6.07, 6.45) is 2.31. The van der Waals surface area contributed by atoms with Crippen LogP contribution in [-0.4, -0.2) is 11.3 Å². The van der Waals surface area contributed by atoms with Crippen molar-refractivity contribution in [3.05, 3.63) is 53.0 Å². The van der Waals surface area contributed by atoms with Gasteiger partial charge in [0.2, 0.25) is 0 Å². The lowest BCUT2D eigenvalue weighted by molar-refractivity contribution is 0.111. The molecule has 2 heterocycles. The van der Waals surface area contributed by atoms with E-state index < -0.39 is 0 Å². The highest BCUT2D eigenvalue weighted by Crippen LogP contribution is 1.91. The number of carbonyl (C=O) groups is 1. The molecule has 2 nitrogen and oxygen atoms in total. The Kier molecular flexibility index (Phi) is 4.49. The van der Waals surface area contributed by atoms with E-state index >= 15 is 0 Å². The molecule has 0 aliphatic carbocycles. The normalized spacial score (nSPS) is 8.31. The molecule has 0 amide bonds. The van der Waals surface area contributed by atoms with Gasteiger partial charge >= 0.3 is 0 Å². The van der Waals surface area contributed by atoms with Crippen LogP contribution in [0.3, 0.4) is 0 Å². The van der Waals surface area contributed by atoms with Gasteiger partial charge in [-0.3, -0.25) is 9.78 Å². The Morgan fingerprint density at radius 1 is 1.15 bits per heavy atom. The molecule has 2 aromatic heterocycles. The first kappa shape index (κ1) is 9.61. The van der Waals surface area contributed by atoms with Gasteiger partial charge in [0, 0.05) is 6.20 Å². The molecule has 0 spiro atoms. The lowest BCUT2D eigenvalue weighted by atomic mass is 10.4. The van der Waals surface area contributed by atoms with Crippen LogP contribution in [0.4, 0.5) is 0 Å². The molecule has 0 N–H and O–H groups in total. The molecule has 0 aliphatic heterocycles. The van der Waals surface area contributed by atoms with Gasteiger partial charge in [0.05, 0.1) is 0 Å². The highest BCUT2D eigenvalue weighted by atomic mass is 32.1. The first-order valence-corrected chi connectivity index (χ1v) is 4.71. The number of pyridine rings is 1. The molecule has 2 rings (SSSR count). The SMILES string of the molecule is O=Cc1ccccn1.c1ccsc1. The molecule has 0 aromatic carbocycles. The van der Waals surface area contributed by atoms with Crippen molar-refractivity contribution in [2.75, 3.05) is 0 Å². The Morgan fingerprint density at radius 2 is 1.92 bits per heavy atom.